The largest absolute Gasteiger partial charge is 0.525 e. The van der Waals surface area contributed by atoms with Crippen molar-refractivity contribution >= 4 is 13.2 Å². The lowest BCUT2D eigenvalue weighted by Gasteiger charge is -2.32. The molecule has 4 nitrogen and oxygen atoms in total. The van der Waals surface area contributed by atoms with E-state index in [1.54, 1.807) is 29.1 Å². The molecule has 3 rings (SSSR count). The van der Waals surface area contributed by atoms with Crippen molar-refractivity contribution in [2.45, 2.75) is 45.4 Å². The Morgan fingerprint density at radius 2 is 1.84 bits per heavy atom. The molecule has 1 saturated heterocycles. The van der Waals surface area contributed by atoms with E-state index < -0.39 is 24.0 Å². The smallest absolute Gasteiger partial charge is 0.398 e. The topological polar surface area (TPSA) is 36.3 Å². The minimum Gasteiger partial charge on any atom is -0.398 e. The van der Waals surface area contributed by atoms with Crippen molar-refractivity contribution in [2.75, 3.05) is 0 Å². The van der Waals surface area contributed by atoms with Crippen LogP contribution in [0.2, 0.25) is 0 Å². The summed E-state index contributed by atoms with van der Waals surface area (Å²) < 4.78 is 41.1. The molecular formula is C18H21BF2N2O2. The maximum atomic E-state index is 14.5. The lowest BCUT2D eigenvalue weighted by atomic mass is 9.87. The third kappa shape index (κ3) is 3.67. The summed E-state index contributed by atoms with van der Waals surface area (Å²) in [5, 5.41) is 4.15. The van der Waals surface area contributed by atoms with Gasteiger partial charge in [0.15, 0.2) is 0 Å². The first-order valence-electron chi connectivity index (χ1n) is 8.16. The molecule has 132 valence electrons. The van der Waals surface area contributed by atoms with E-state index in [0.717, 1.165) is 0 Å². The van der Waals surface area contributed by atoms with Gasteiger partial charge in [0.1, 0.15) is 11.5 Å². The maximum Gasteiger partial charge on any atom is 0.525 e. The monoisotopic (exact) mass is 346 g/mol. The molecule has 0 N–H and O–H groups in total. The van der Waals surface area contributed by atoms with Crippen molar-refractivity contribution in [3.63, 3.8) is 0 Å². The highest BCUT2D eigenvalue weighted by molar-refractivity contribution is 6.54. The lowest BCUT2D eigenvalue weighted by Crippen LogP contribution is -2.41. The molecule has 7 heteroatoms. The first-order valence-corrected chi connectivity index (χ1v) is 8.16. The number of benzene rings is 1. The predicted molar refractivity (Wildman–Crippen MR) is 92.9 cm³/mol. The van der Waals surface area contributed by atoms with E-state index in [9.17, 15) is 8.78 Å². The predicted octanol–water partition coefficient (Wildman–Crippen LogP) is 4.01. The van der Waals surface area contributed by atoms with E-state index in [1.807, 2.05) is 27.7 Å². The van der Waals surface area contributed by atoms with Crippen LogP contribution >= 0.6 is 0 Å². The molecule has 1 aromatic heterocycles. The molecule has 0 atom stereocenters. The van der Waals surface area contributed by atoms with Crippen LogP contribution in [0.15, 0.2) is 42.4 Å². The van der Waals surface area contributed by atoms with Crippen LogP contribution in [-0.2, 0) is 15.9 Å². The minimum atomic E-state index is -1.04. The van der Waals surface area contributed by atoms with Gasteiger partial charge in [-0.2, -0.15) is 5.10 Å². The molecule has 1 aliphatic rings. The number of nitrogens with zero attached hydrogens (tertiary/aromatic N) is 2. The molecule has 1 aromatic carbocycles. The van der Waals surface area contributed by atoms with Crippen LogP contribution in [0.4, 0.5) is 8.78 Å². The maximum absolute atomic E-state index is 14.5. The molecule has 1 aliphatic heterocycles. The van der Waals surface area contributed by atoms with Crippen LogP contribution < -0.4 is 0 Å². The fourth-order valence-corrected chi connectivity index (χ4v) is 2.52. The summed E-state index contributed by atoms with van der Waals surface area (Å²) in [7, 11) is -1.04. The molecule has 2 heterocycles. The van der Waals surface area contributed by atoms with Gasteiger partial charge in [0.05, 0.1) is 23.9 Å². The molecule has 0 bridgehead atoms. The Bertz CT molecular complexity index is 786. The fourth-order valence-electron chi connectivity index (χ4n) is 2.52. The highest BCUT2D eigenvalue weighted by atomic mass is 19.1. The second kappa shape index (κ2) is 6.39. The summed E-state index contributed by atoms with van der Waals surface area (Å²) in [5.74, 6) is -0.293. The van der Waals surface area contributed by atoms with Crippen molar-refractivity contribution < 1.29 is 18.1 Å². The second-order valence-corrected chi connectivity index (χ2v) is 7.18. The molecule has 0 spiro atoms. The van der Waals surface area contributed by atoms with Gasteiger partial charge in [-0.1, -0.05) is 18.2 Å². The standard InChI is InChI=1S/C18H21BF2N2O2/c1-17(2)18(3,4)25-19(24-17)16(21)9-13-10-22-23(11-13)12-14-7-5-6-8-15(14)20/h5-11H,12H2,1-4H3. The van der Waals surface area contributed by atoms with Gasteiger partial charge in [0, 0.05) is 17.3 Å². The Morgan fingerprint density at radius 1 is 1.20 bits per heavy atom. The molecule has 0 aliphatic carbocycles. The van der Waals surface area contributed by atoms with E-state index >= 15 is 0 Å². The van der Waals surface area contributed by atoms with Crippen LogP contribution in [0.1, 0.15) is 38.8 Å². The van der Waals surface area contributed by atoms with Gasteiger partial charge < -0.3 is 9.31 Å². The number of aromatic nitrogens is 2. The summed E-state index contributed by atoms with van der Waals surface area (Å²) in [6.07, 6.45) is 4.50. The third-order valence-electron chi connectivity index (χ3n) is 4.73. The molecule has 0 radical (unpaired) electrons. The highest BCUT2D eigenvalue weighted by Gasteiger charge is 2.53. The van der Waals surface area contributed by atoms with E-state index in [4.69, 9.17) is 9.31 Å². The summed E-state index contributed by atoms with van der Waals surface area (Å²) >= 11 is 0. The Balaban J connectivity index is 1.73. The third-order valence-corrected chi connectivity index (χ3v) is 4.73. The molecular weight excluding hydrogens is 325 g/mol. The summed E-state index contributed by atoms with van der Waals surface area (Å²) in [4.78, 5) is 0. The van der Waals surface area contributed by atoms with E-state index in [2.05, 4.69) is 5.10 Å². The quantitative estimate of drug-likeness (QED) is 0.785. The molecule has 0 amide bonds. The van der Waals surface area contributed by atoms with Gasteiger partial charge >= 0.3 is 7.12 Å². The van der Waals surface area contributed by atoms with Gasteiger partial charge in [0.2, 0.25) is 0 Å². The van der Waals surface area contributed by atoms with E-state index in [-0.39, 0.29) is 12.4 Å². The van der Waals surface area contributed by atoms with Crippen LogP contribution in [0, 0.1) is 5.82 Å². The first-order chi connectivity index (χ1) is 11.7. The Morgan fingerprint density at radius 3 is 2.48 bits per heavy atom. The Kier molecular flexibility index (Phi) is 4.55. The first kappa shape index (κ1) is 17.8. The second-order valence-electron chi connectivity index (χ2n) is 7.18. The van der Waals surface area contributed by atoms with E-state index in [1.165, 1.54) is 18.3 Å². The molecule has 0 saturated carbocycles. The van der Waals surface area contributed by atoms with Crippen LogP contribution in [-0.4, -0.2) is 28.1 Å². The van der Waals surface area contributed by atoms with Crippen molar-refractivity contribution in [3.8, 4) is 0 Å². The van der Waals surface area contributed by atoms with Gasteiger partial charge in [-0.05, 0) is 39.8 Å². The number of hydrogen-bond donors (Lipinski definition) is 0. The zero-order chi connectivity index (χ0) is 18.2. The van der Waals surface area contributed by atoms with Crippen molar-refractivity contribution in [2.24, 2.45) is 0 Å². The normalized spacial score (nSPS) is 19.4. The molecule has 25 heavy (non-hydrogen) atoms. The average molecular weight is 346 g/mol. The SMILES string of the molecule is CC1(C)OB(C(F)=Cc2cnn(Cc3ccccc3F)c2)OC1(C)C. The number of rotatable bonds is 4. The van der Waals surface area contributed by atoms with Crippen LogP contribution in [0.3, 0.4) is 0 Å². The van der Waals surface area contributed by atoms with Gasteiger partial charge in [-0.25, -0.2) is 8.78 Å². The number of hydrogen-bond acceptors (Lipinski definition) is 3. The fraction of sp³-hybridized carbons (Fsp3) is 0.389. The highest BCUT2D eigenvalue weighted by Crippen LogP contribution is 2.39. The molecule has 2 aromatic rings. The molecule has 0 unspecified atom stereocenters. The number of halogens is 2. The average Bonchev–Trinajstić information content (AvgIpc) is 3.03. The minimum absolute atomic E-state index is 0.276. The van der Waals surface area contributed by atoms with Gasteiger partial charge in [-0.15, -0.1) is 0 Å². The van der Waals surface area contributed by atoms with Gasteiger partial charge in [-0.3, -0.25) is 4.68 Å². The zero-order valence-electron chi connectivity index (χ0n) is 14.8. The Labute approximate surface area is 146 Å². The Hall–Kier alpha value is -1.99. The van der Waals surface area contributed by atoms with Crippen molar-refractivity contribution in [1.82, 2.24) is 9.78 Å². The summed E-state index contributed by atoms with van der Waals surface area (Å²) in [6.45, 7) is 7.75. The van der Waals surface area contributed by atoms with Crippen molar-refractivity contribution in [3.05, 3.63) is 59.3 Å². The summed E-state index contributed by atoms with van der Waals surface area (Å²) in [6, 6.07) is 6.49. The van der Waals surface area contributed by atoms with Crippen LogP contribution in [0.25, 0.3) is 6.08 Å². The molecule has 1 fully saturated rings. The lowest BCUT2D eigenvalue weighted by molar-refractivity contribution is 0.00578. The summed E-state index contributed by atoms with van der Waals surface area (Å²) in [5.41, 5.74) is -0.643. The zero-order valence-corrected chi connectivity index (χ0v) is 14.8. The van der Waals surface area contributed by atoms with Crippen LogP contribution in [0.5, 0.6) is 0 Å². The van der Waals surface area contributed by atoms with Gasteiger partial charge in [0.25, 0.3) is 0 Å². The van der Waals surface area contributed by atoms with Crippen molar-refractivity contribution in [1.29, 1.82) is 0 Å². The van der Waals surface area contributed by atoms with E-state index in [0.29, 0.717) is 11.1 Å².